The van der Waals surface area contributed by atoms with Gasteiger partial charge in [0, 0.05) is 5.75 Å². The van der Waals surface area contributed by atoms with Crippen molar-refractivity contribution >= 4 is 32.6 Å². The zero-order valence-electron chi connectivity index (χ0n) is 8.80. The number of anilines is 1. The van der Waals surface area contributed by atoms with E-state index >= 15 is 0 Å². The molecule has 0 saturated heterocycles. The minimum absolute atomic E-state index is 0.246. The largest absolute Gasteiger partial charge is 0.333 e. The highest BCUT2D eigenvalue weighted by atomic mass is 32.2. The number of fused-ring (bicyclic) bond motifs is 1. The summed E-state index contributed by atoms with van der Waals surface area (Å²) < 4.78 is 27.3. The molecule has 0 bridgehead atoms. The lowest BCUT2D eigenvalue weighted by Gasteiger charge is -2.16. The van der Waals surface area contributed by atoms with Crippen LogP contribution in [-0.2, 0) is 10.0 Å². The Kier molecular flexibility index (Phi) is 3.20. The zero-order valence-corrected chi connectivity index (χ0v) is 10.4. The monoisotopic (exact) mass is 256 g/mol. The average Bonchev–Trinajstić information content (AvgIpc) is 2.25. The van der Waals surface area contributed by atoms with Crippen LogP contribution in [0.2, 0.25) is 0 Å². The van der Waals surface area contributed by atoms with Gasteiger partial charge in [0.15, 0.2) is 5.17 Å². The summed E-state index contributed by atoms with van der Waals surface area (Å²) in [5.41, 5.74) is 0.608. The second-order valence-electron chi connectivity index (χ2n) is 3.34. The number of amidine groups is 1. The molecular weight excluding hydrogens is 244 g/mol. The van der Waals surface area contributed by atoms with Crippen LogP contribution in [0.3, 0.4) is 0 Å². The van der Waals surface area contributed by atoms with Gasteiger partial charge in [-0.2, -0.15) is 8.42 Å². The van der Waals surface area contributed by atoms with Crippen molar-refractivity contribution in [1.29, 1.82) is 0 Å². The van der Waals surface area contributed by atoms with E-state index in [0.29, 0.717) is 10.9 Å². The lowest BCUT2D eigenvalue weighted by molar-refractivity contribution is 0.598. The van der Waals surface area contributed by atoms with E-state index in [4.69, 9.17) is 0 Å². The molecule has 1 aromatic carbocycles. The molecule has 1 N–H and O–H groups in total. The van der Waals surface area contributed by atoms with Gasteiger partial charge >= 0.3 is 0 Å². The van der Waals surface area contributed by atoms with Crippen LogP contribution >= 0.6 is 11.8 Å². The van der Waals surface area contributed by atoms with Gasteiger partial charge in [0.05, 0.1) is 5.69 Å². The van der Waals surface area contributed by atoms with Crippen LogP contribution in [0.5, 0.6) is 0 Å². The van der Waals surface area contributed by atoms with Crippen LogP contribution in [0.1, 0.15) is 13.3 Å². The molecule has 1 aromatic rings. The summed E-state index contributed by atoms with van der Waals surface area (Å²) in [6.45, 7) is 2.04. The Morgan fingerprint density at radius 3 is 2.88 bits per heavy atom. The van der Waals surface area contributed by atoms with Gasteiger partial charge < -0.3 is 5.32 Å². The van der Waals surface area contributed by atoms with Gasteiger partial charge in [-0.25, -0.2) is 0 Å². The van der Waals surface area contributed by atoms with Gasteiger partial charge in [0.1, 0.15) is 4.90 Å². The van der Waals surface area contributed by atoms with E-state index in [1.165, 1.54) is 11.8 Å². The Bertz CT molecular complexity index is 523. The number of nitrogens with zero attached hydrogens (tertiary/aromatic N) is 1. The molecule has 0 aliphatic carbocycles. The molecule has 1 heterocycles. The van der Waals surface area contributed by atoms with E-state index in [9.17, 15) is 8.42 Å². The number of rotatable bonds is 2. The van der Waals surface area contributed by atoms with Crippen LogP contribution in [-0.4, -0.2) is 19.3 Å². The van der Waals surface area contributed by atoms with Crippen molar-refractivity contribution in [3.8, 4) is 0 Å². The molecule has 0 amide bonds. The molecule has 86 valence electrons. The molecule has 0 radical (unpaired) electrons. The van der Waals surface area contributed by atoms with Gasteiger partial charge in [-0.3, -0.25) is 0 Å². The van der Waals surface area contributed by atoms with Crippen LogP contribution in [0.15, 0.2) is 33.6 Å². The Morgan fingerprint density at radius 1 is 1.38 bits per heavy atom. The van der Waals surface area contributed by atoms with Gasteiger partial charge in [0.25, 0.3) is 10.0 Å². The number of thioether (sulfide) groups is 1. The summed E-state index contributed by atoms with van der Waals surface area (Å²) >= 11 is 1.42. The molecule has 2 rings (SSSR count). The zero-order chi connectivity index (χ0) is 11.6. The molecule has 4 nitrogen and oxygen atoms in total. The van der Waals surface area contributed by atoms with Gasteiger partial charge in [-0.15, -0.1) is 4.40 Å². The van der Waals surface area contributed by atoms with E-state index in [1.807, 2.05) is 6.92 Å². The lowest BCUT2D eigenvalue weighted by atomic mass is 10.3. The first-order valence-electron chi connectivity index (χ1n) is 4.97. The first-order valence-corrected chi connectivity index (χ1v) is 7.40. The van der Waals surface area contributed by atoms with Crippen molar-refractivity contribution < 1.29 is 8.42 Å². The molecule has 6 heteroatoms. The maximum absolute atomic E-state index is 11.8. The molecule has 0 spiro atoms. The van der Waals surface area contributed by atoms with E-state index in [-0.39, 0.29) is 4.90 Å². The molecular formula is C10H12N2O2S2. The Labute approximate surface area is 99.2 Å². The fourth-order valence-corrected chi connectivity index (χ4v) is 3.45. The molecule has 16 heavy (non-hydrogen) atoms. The Balaban J connectivity index is 2.36. The quantitative estimate of drug-likeness (QED) is 0.882. The number of nitrogens with one attached hydrogen (secondary N) is 1. The van der Waals surface area contributed by atoms with Crippen molar-refractivity contribution in [3.63, 3.8) is 0 Å². The summed E-state index contributed by atoms with van der Waals surface area (Å²) in [6.07, 6.45) is 0.979. The SMILES string of the molecule is CCCSC1=NS(=O)(=O)c2ccccc2N1. The predicted molar refractivity (Wildman–Crippen MR) is 67.4 cm³/mol. The summed E-state index contributed by atoms with van der Waals surface area (Å²) in [5.74, 6) is 0.851. The summed E-state index contributed by atoms with van der Waals surface area (Å²) in [6, 6.07) is 6.79. The standard InChI is InChI=1S/C10H12N2O2S2/c1-2-7-15-10-11-8-5-3-4-6-9(8)16(13,14)12-10/h3-6H,2,7H2,1H3,(H,11,12). The van der Waals surface area contributed by atoms with E-state index in [2.05, 4.69) is 9.71 Å². The third kappa shape index (κ3) is 2.22. The first kappa shape index (κ1) is 11.5. The highest BCUT2D eigenvalue weighted by Gasteiger charge is 2.23. The van der Waals surface area contributed by atoms with Gasteiger partial charge in [-0.1, -0.05) is 30.8 Å². The smallest absolute Gasteiger partial charge is 0.286 e. The minimum Gasteiger partial charge on any atom is -0.333 e. The number of para-hydroxylation sites is 1. The molecule has 0 fully saturated rings. The van der Waals surface area contributed by atoms with Crippen molar-refractivity contribution in [3.05, 3.63) is 24.3 Å². The van der Waals surface area contributed by atoms with E-state index in [0.717, 1.165) is 12.2 Å². The molecule has 0 unspecified atom stereocenters. The van der Waals surface area contributed by atoms with Crippen molar-refractivity contribution in [2.75, 3.05) is 11.1 Å². The molecule has 0 aromatic heterocycles. The number of benzene rings is 1. The first-order chi connectivity index (χ1) is 7.63. The number of hydrogen-bond acceptors (Lipinski definition) is 4. The van der Waals surface area contributed by atoms with E-state index in [1.54, 1.807) is 24.3 Å². The van der Waals surface area contributed by atoms with E-state index < -0.39 is 10.0 Å². The second-order valence-corrected chi connectivity index (χ2v) is 6.00. The maximum Gasteiger partial charge on any atom is 0.286 e. The van der Waals surface area contributed by atoms with Crippen molar-refractivity contribution in [1.82, 2.24) is 0 Å². The molecule has 0 saturated carbocycles. The average molecular weight is 256 g/mol. The number of hydrogen-bond donors (Lipinski definition) is 1. The highest BCUT2D eigenvalue weighted by molar-refractivity contribution is 8.14. The highest BCUT2D eigenvalue weighted by Crippen LogP contribution is 2.28. The number of sulfonamides is 1. The third-order valence-corrected chi connectivity index (χ3v) is 4.58. The summed E-state index contributed by atoms with van der Waals surface area (Å²) in [4.78, 5) is 0.246. The fourth-order valence-electron chi connectivity index (χ4n) is 1.35. The second kappa shape index (κ2) is 4.47. The maximum atomic E-state index is 11.8. The lowest BCUT2D eigenvalue weighted by Crippen LogP contribution is -2.18. The topological polar surface area (TPSA) is 58.5 Å². The Hall–Kier alpha value is -1.01. The van der Waals surface area contributed by atoms with Crippen molar-refractivity contribution in [2.45, 2.75) is 18.2 Å². The molecule has 1 aliphatic rings. The van der Waals surface area contributed by atoms with Crippen molar-refractivity contribution in [2.24, 2.45) is 4.40 Å². The molecule has 1 aliphatic heterocycles. The van der Waals surface area contributed by atoms with Crippen LogP contribution in [0.4, 0.5) is 5.69 Å². The predicted octanol–water partition coefficient (Wildman–Crippen LogP) is 2.30. The summed E-state index contributed by atoms with van der Waals surface area (Å²) in [7, 11) is -3.52. The van der Waals surface area contributed by atoms with Crippen LogP contribution < -0.4 is 5.32 Å². The third-order valence-electron chi connectivity index (χ3n) is 2.05. The fraction of sp³-hybridized carbons (Fsp3) is 0.300. The van der Waals surface area contributed by atoms with Crippen LogP contribution in [0, 0.1) is 0 Å². The molecule has 0 atom stereocenters. The van der Waals surface area contributed by atoms with Crippen LogP contribution in [0.25, 0.3) is 0 Å². The Morgan fingerprint density at radius 2 is 2.12 bits per heavy atom. The minimum atomic E-state index is -3.52. The summed E-state index contributed by atoms with van der Waals surface area (Å²) in [5, 5.41) is 3.48. The van der Waals surface area contributed by atoms with Gasteiger partial charge in [-0.05, 0) is 18.6 Å². The normalized spacial score (nSPS) is 17.2. The van der Waals surface area contributed by atoms with Gasteiger partial charge in [0.2, 0.25) is 0 Å².